The van der Waals surface area contributed by atoms with Gasteiger partial charge in [0, 0.05) is 7.11 Å². The lowest BCUT2D eigenvalue weighted by atomic mass is 10.2. The molecule has 11 heavy (non-hydrogen) atoms. The van der Waals surface area contributed by atoms with Crippen molar-refractivity contribution in [1.29, 1.82) is 0 Å². The van der Waals surface area contributed by atoms with Crippen LogP contribution in [0.3, 0.4) is 0 Å². The number of rotatable bonds is 1. The molecule has 0 saturated heterocycles. The summed E-state index contributed by atoms with van der Waals surface area (Å²) in [5.74, 6) is 0. The summed E-state index contributed by atoms with van der Waals surface area (Å²) in [6, 6.07) is 0. The molecule has 0 fully saturated rings. The molecular formula is C7H17O3P. The third-order valence-electron chi connectivity index (χ3n) is 1.16. The van der Waals surface area contributed by atoms with Crippen molar-refractivity contribution in [3.05, 3.63) is 11.1 Å². The van der Waals surface area contributed by atoms with Gasteiger partial charge in [-0.2, -0.15) is 0 Å². The molecule has 4 heteroatoms. The van der Waals surface area contributed by atoms with Crippen molar-refractivity contribution >= 4 is 8.60 Å². The average Bonchev–Trinajstić information content (AvgIpc) is 1.89. The van der Waals surface area contributed by atoms with Gasteiger partial charge in [0.15, 0.2) is 0 Å². The van der Waals surface area contributed by atoms with E-state index in [1.807, 2.05) is 0 Å². The minimum absolute atomic E-state index is 1.23. The van der Waals surface area contributed by atoms with Crippen LogP contribution in [0.2, 0.25) is 0 Å². The first kappa shape index (κ1) is 13.6. The van der Waals surface area contributed by atoms with E-state index in [1.165, 1.54) is 18.3 Å². The Morgan fingerprint density at radius 1 is 1.00 bits per heavy atom. The van der Waals surface area contributed by atoms with Crippen LogP contribution >= 0.6 is 8.60 Å². The summed E-state index contributed by atoms with van der Waals surface area (Å²) < 4.78 is 3.93. The molecule has 0 unspecified atom stereocenters. The molecule has 0 aromatic carbocycles. The lowest BCUT2D eigenvalue weighted by Gasteiger charge is -1.89. The minimum Gasteiger partial charge on any atom is -0.328 e. The van der Waals surface area contributed by atoms with Crippen LogP contribution in [0.15, 0.2) is 11.1 Å². The zero-order valence-corrected chi connectivity index (χ0v) is 8.64. The number of hydrogen-bond acceptors (Lipinski definition) is 3. The molecule has 0 saturated carbocycles. The Labute approximate surface area is 69.7 Å². The topological polar surface area (TPSA) is 49.7 Å². The second-order valence-corrected chi connectivity index (χ2v) is 3.31. The second kappa shape index (κ2) is 8.15. The van der Waals surface area contributed by atoms with Gasteiger partial charge < -0.3 is 14.3 Å². The number of allylic oxidation sites excluding steroid dienone is 2. The maximum Gasteiger partial charge on any atom is 0.326 e. The summed E-state index contributed by atoms with van der Waals surface area (Å²) in [5.41, 5.74) is 2.85. The van der Waals surface area contributed by atoms with Crippen molar-refractivity contribution in [3.63, 3.8) is 0 Å². The Bertz CT molecular complexity index is 103. The Balaban J connectivity index is 0. The van der Waals surface area contributed by atoms with E-state index in [0.717, 1.165) is 0 Å². The Hall–Kier alpha value is 0.0500. The lowest BCUT2D eigenvalue weighted by molar-refractivity contribution is 0.310. The third-order valence-corrected chi connectivity index (χ3v) is 1.49. The van der Waals surface area contributed by atoms with E-state index >= 15 is 0 Å². The smallest absolute Gasteiger partial charge is 0.326 e. The molecule has 0 aliphatic heterocycles. The molecule has 0 heterocycles. The van der Waals surface area contributed by atoms with Gasteiger partial charge in [0.25, 0.3) is 0 Å². The molecule has 0 aliphatic carbocycles. The van der Waals surface area contributed by atoms with Crippen LogP contribution in [0.4, 0.5) is 0 Å². The summed E-state index contributed by atoms with van der Waals surface area (Å²) in [6.07, 6.45) is 0. The Morgan fingerprint density at radius 2 is 1.18 bits per heavy atom. The second-order valence-electron chi connectivity index (χ2n) is 2.44. The molecule has 0 radical (unpaired) electrons. The largest absolute Gasteiger partial charge is 0.328 e. The first-order valence-corrected chi connectivity index (χ1v) is 4.41. The standard InChI is InChI=1S/C6H12.CH5O3P/c1-5(2)6(3)4;1-4-5(2)3/h1-4H3;2-3H,1H3. The van der Waals surface area contributed by atoms with Crippen LogP contribution in [0.5, 0.6) is 0 Å². The fraction of sp³-hybridized carbons (Fsp3) is 0.714. The van der Waals surface area contributed by atoms with Crippen molar-refractivity contribution < 1.29 is 14.3 Å². The monoisotopic (exact) mass is 180 g/mol. The molecule has 0 aromatic heterocycles. The van der Waals surface area contributed by atoms with E-state index in [1.54, 1.807) is 0 Å². The van der Waals surface area contributed by atoms with Crippen LogP contribution in [-0.2, 0) is 4.52 Å². The zero-order valence-electron chi connectivity index (χ0n) is 7.75. The Kier molecular flexibility index (Phi) is 10.1. The van der Waals surface area contributed by atoms with E-state index in [4.69, 9.17) is 9.79 Å². The predicted octanol–water partition coefficient (Wildman–Crippen LogP) is 2.21. The molecule has 0 aliphatic rings. The minimum atomic E-state index is -2.10. The van der Waals surface area contributed by atoms with Crippen LogP contribution in [0, 0.1) is 0 Å². The fourth-order valence-corrected chi connectivity index (χ4v) is 0. The summed E-state index contributed by atoms with van der Waals surface area (Å²) in [4.78, 5) is 15.5. The van der Waals surface area contributed by atoms with Crippen molar-refractivity contribution in [3.8, 4) is 0 Å². The molecule has 68 valence electrons. The van der Waals surface area contributed by atoms with Gasteiger partial charge in [0.1, 0.15) is 0 Å². The molecule has 0 atom stereocenters. The highest BCUT2D eigenvalue weighted by Crippen LogP contribution is 2.20. The van der Waals surface area contributed by atoms with Gasteiger partial charge in [-0.05, 0) is 27.7 Å². The fourth-order valence-electron chi connectivity index (χ4n) is 0. The summed E-state index contributed by atoms with van der Waals surface area (Å²) >= 11 is 0. The van der Waals surface area contributed by atoms with Gasteiger partial charge in [-0.3, -0.25) is 0 Å². The molecular weight excluding hydrogens is 163 g/mol. The van der Waals surface area contributed by atoms with Gasteiger partial charge >= 0.3 is 8.60 Å². The van der Waals surface area contributed by atoms with E-state index in [2.05, 4.69) is 32.2 Å². The number of hydrogen-bond donors (Lipinski definition) is 2. The molecule has 0 rings (SSSR count). The highest BCUT2D eigenvalue weighted by Gasteiger charge is 1.86. The van der Waals surface area contributed by atoms with Crippen molar-refractivity contribution in [1.82, 2.24) is 0 Å². The molecule has 0 amide bonds. The summed E-state index contributed by atoms with van der Waals surface area (Å²) in [6.45, 7) is 8.48. The first-order valence-electron chi connectivity index (χ1n) is 3.24. The highest BCUT2D eigenvalue weighted by atomic mass is 31.2. The van der Waals surface area contributed by atoms with Crippen LogP contribution in [0.1, 0.15) is 27.7 Å². The van der Waals surface area contributed by atoms with Crippen molar-refractivity contribution in [2.45, 2.75) is 27.7 Å². The lowest BCUT2D eigenvalue weighted by Crippen LogP contribution is -1.67. The molecule has 2 N–H and O–H groups in total. The van der Waals surface area contributed by atoms with E-state index < -0.39 is 8.60 Å². The predicted molar refractivity (Wildman–Crippen MR) is 48.1 cm³/mol. The molecule has 0 spiro atoms. The SMILES string of the molecule is CC(C)=C(C)C.COP(O)O. The normalized spacial score (nSPS) is 8.73. The van der Waals surface area contributed by atoms with Crippen LogP contribution < -0.4 is 0 Å². The summed E-state index contributed by atoms with van der Waals surface area (Å²) in [5, 5.41) is 0. The quantitative estimate of drug-likeness (QED) is 0.480. The van der Waals surface area contributed by atoms with Crippen LogP contribution in [-0.4, -0.2) is 16.9 Å². The van der Waals surface area contributed by atoms with Crippen molar-refractivity contribution in [2.75, 3.05) is 7.11 Å². The van der Waals surface area contributed by atoms with Crippen molar-refractivity contribution in [2.24, 2.45) is 0 Å². The highest BCUT2D eigenvalue weighted by molar-refractivity contribution is 7.39. The van der Waals surface area contributed by atoms with Gasteiger partial charge in [-0.25, -0.2) is 0 Å². The maximum absolute atomic E-state index is 7.76. The maximum atomic E-state index is 7.76. The Morgan fingerprint density at radius 3 is 1.18 bits per heavy atom. The average molecular weight is 180 g/mol. The zero-order chi connectivity index (χ0) is 9.44. The van der Waals surface area contributed by atoms with E-state index in [0.29, 0.717) is 0 Å². The van der Waals surface area contributed by atoms with E-state index in [9.17, 15) is 0 Å². The van der Waals surface area contributed by atoms with E-state index in [-0.39, 0.29) is 0 Å². The first-order chi connectivity index (χ1) is 4.91. The van der Waals surface area contributed by atoms with Crippen LogP contribution in [0.25, 0.3) is 0 Å². The van der Waals surface area contributed by atoms with Gasteiger partial charge in [0.2, 0.25) is 0 Å². The van der Waals surface area contributed by atoms with Gasteiger partial charge in [-0.1, -0.05) is 11.1 Å². The molecule has 0 bridgehead atoms. The molecule has 0 aromatic rings. The van der Waals surface area contributed by atoms with Gasteiger partial charge in [-0.15, -0.1) is 0 Å². The third kappa shape index (κ3) is 17.8. The molecule has 3 nitrogen and oxygen atoms in total. The summed E-state index contributed by atoms with van der Waals surface area (Å²) in [7, 11) is -0.870. The van der Waals surface area contributed by atoms with Gasteiger partial charge in [0.05, 0.1) is 0 Å².